The number of H-pyrrole nitrogens is 1. The highest BCUT2D eigenvalue weighted by molar-refractivity contribution is 7.46. The summed E-state index contributed by atoms with van der Waals surface area (Å²) in [4.78, 5) is 23.2. The van der Waals surface area contributed by atoms with Gasteiger partial charge in [-0.1, -0.05) is 6.07 Å². The van der Waals surface area contributed by atoms with Crippen molar-refractivity contribution in [2.75, 3.05) is 20.6 Å². The van der Waals surface area contributed by atoms with E-state index < -0.39 is 7.82 Å². The quantitative estimate of drug-likeness (QED) is 0.736. The van der Waals surface area contributed by atoms with Gasteiger partial charge in [0.15, 0.2) is 0 Å². The Hall–Kier alpha value is -1.33. The molecule has 20 heavy (non-hydrogen) atoms. The molecule has 0 unspecified atom stereocenters. The first kappa shape index (κ1) is 15.1. The second-order valence-electron chi connectivity index (χ2n) is 5.08. The Morgan fingerprint density at radius 3 is 2.65 bits per heavy atom. The number of aryl methyl sites for hydroxylation is 1. The molecule has 2 rings (SSSR count). The molecule has 0 saturated carbocycles. The van der Waals surface area contributed by atoms with Gasteiger partial charge in [-0.3, -0.25) is 9.79 Å². The fourth-order valence-corrected chi connectivity index (χ4v) is 2.58. The summed E-state index contributed by atoms with van der Waals surface area (Å²) in [6, 6.07) is 3.38. The maximum absolute atomic E-state index is 11.1. The smallest absolute Gasteiger partial charge is 0.404 e. The second kappa shape index (κ2) is 5.58. The summed E-state index contributed by atoms with van der Waals surface area (Å²) in [5.41, 5.74) is 2.85. The van der Waals surface area contributed by atoms with Crippen molar-refractivity contribution >= 4 is 18.7 Å². The van der Waals surface area contributed by atoms with Gasteiger partial charge in [0.25, 0.3) is 0 Å². The fraction of sp³-hybridized carbons (Fsp3) is 0.385. The predicted octanol–water partition coefficient (Wildman–Crippen LogP) is 2.05. The van der Waals surface area contributed by atoms with E-state index in [1.54, 1.807) is 12.1 Å². The van der Waals surface area contributed by atoms with Gasteiger partial charge < -0.3 is 14.4 Å². The minimum Gasteiger partial charge on any atom is -0.404 e. The van der Waals surface area contributed by atoms with E-state index in [0.29, 0.717) is 0 Å². The van der Waals surface area contributed by atoms with Crippen molar-refractivity contribution in [1.29, 1.82) is 0 Å². The first-order valence-corrected chi connectivity index (χ1v) is 7.80. The van der Waals surface area contributed by atoms with Crippen LogP contribution in [-0.2, 0) is 11.0 Å². The highest BCUT2D eigenvalue weighted by atomic mass is 31.2. The van der Waals surface area contributed by atoms with Gasteiger partial charge in [-0.25, -0.2) is 4.57 Å². The number of phosphoric acid groups is 1. The number of fused-ring (bicyclic) bond motifs is 1. The lowest BCUT2D eigenvalue weighted by Crippen LogP contribution is -2.14. The first-order valence-electron chi connectivity index (χ1n) is 6.27. The molecule has 0 aliphatic rings. The van der Waals surface area contributed by atoms with Crippen LogP contribution in [0.25, 0.3) is 10.9 Å². The molecule has 0 fully saturated rings. The molecule has 0 amide bonds. The van der Waals surface area contributed by atoms with E-state index in [0.717, 1.165) is 35.0 Å². The molecule has 0 aliphatic heterocycles. The van der Waals surface area contributed by atoms with Gasteiger partial charge in [0.05, 0.1) is 5.52 Å². The summed E-state index contributed by atoms with van der Waals surface area (Å²) >= 11 is 0. The van der Waals surface area contributed by atoms with Crippen LogP contribution in [0, 0.1) is 6.92 Å². The van der Waals surface area contributed by atoms with Crippen molar-refractivity contribution in [2.45, 2.75) is 13.3 Å². The highest BCUT2D eigenvalue weighted by Crippen LogP contribution is 2.42. The number of likely N-dealkylation sites (N-methyl/N-ethyl adjacent to an activating group) is 1. The monoisotopic (exact) mass is 298 g/mol. The largest absolute Gasteiger partial charge is 0.524 e. The second-order valence-corrected chi connectivity index (χ2v) is 6.24. The number of aromatic amines is 1. The van der Waals surface area contributed by atoms with Crippen LogP contribution in [0.15, 0.2) is 18.3 Å². The van der Waals surface area contributed by atoms with Gasteiger partial charge >= 0.3 is 7.82 Å². The first-order chi connectivity index (χ1) is 9.28. The van der Waals surface area contributed by atoms with Crippen molar-refractivity contribution in [3.8, 4) is 5.75 Å². The normalized spacial score (nSPS) is 12.3. The summed E-state index contributed by atoms with van der Waals surface area (Å²) in [5.74, 6) is 0.217. The van der Waals surface area contributed by atoms with Crippen molar-refractivity contribution in [2.24, 2.45) is 0 Å². The van der Waals surface area contributed by atoms with E-state index in [4.69, 9.17) is 14.3 Å². The molecule has 2 aromatic rings. The van der Waals surface area contributed by atoms with Crippen molar-refractivity contribution in [1.82, 2.24) is 9.88 Å². The molecular formula is C13H19N2O4P. The van der Waals surface area contributed by atoms with Crippen LogP contribution < -0.4 is 4.52 Å². The zero-order chi connectivity index (χ0) is 14.9. The summed E-state index contributed by atoms with van der Waals surface area (Å²) in [5, 5.41) is 0.746. The van der Waals surface area contributed by atoms with E-state index in [1.165, 1.54) is 0 Å². The molecule has 0 radical (unpaired) electrons. The fourth-order valence-electron chi connectivity index (χ4n) is 2.17. The van der Waals surface area contributed by atoms with Crippen LogP contribution >= 0.6 is 7.82 Å². The van der Waals surface area contributed by atoms with E-state index in [9.17, 15) is 4.57 Å². The zero-order valence-electron chi connectivity index (χ0n) is 11.8. The van der Waals surface area contributed by atoms with Crippen LogP contribution in [0.3, 0.4) is 0 Å². The van der Waals surface area contributed by atoms with Crippen LogP contribution in [0.5, 0.6) is 5.75 Å². The Kier molecular flexibility index (Phi) is 4.20. The van der Waals surface area contributed by atoms with Crippen LogP contribution in [0.4, 0.5) is 0 Å². The molecule has 1 heterocycles. The molecule has 0 spiro atoms. The molecule has 0 bridgehead atoms. The molecular weight excluding hydrogens is 279 g/mol. The van der Waals surface area contributed by atoms with E-state index >= 15 is 0 Å². The summed E-state index contributed by atoms with van der Waals surface area (Å²) in [7, 11) is -0.606. The van der Waals surface area contributed by atoms with Crippen molar-refractivity contribution < 1.29 is 18.9 Å². The Labute approximate surface area is 117 Å². The van der Waals surface area contributed by atoms with Crippen LogP contribution in [0.2, 0.25) is 0 Å². The molecule has 6 nitrogen and oxygen atoms in total. The van der Waals surface area contributed by atoms with Crippen molar-refractivity contribution in [3.05, 3.63) is 29.5 Å². The number of hydrogen-bond acceptors (Lipinski definition) is 3. The van der Waals surface area contributed by atoms with E-state index in [1.807, 2.05) is 27.2 Å². The lowest BCUT2D eigenvalue weighted by Gasteiger charge is -2.12. The topological polar surface area (TPSA) is 85.8 Å². The molecule has 1 aromatic carbocycles. The van der Waals surface area contributed by atoms with Crippen LogP contribution in [-0.4, -0.2) is 40.3 Å². The minimum atomic E-state index is -4.56. The Bertz CT molecular complexity index is 660. The van der Waals surface area contributed by atoms with Crippen molar-refractivity contribution in [3.63, 3.8) is 0 Å². The lowest BCUT2D eigenvalue weighted by atomic mass is 10.1. The standard InChI is InChI=1S/C13H19N2O4P/c1-9-4-5-11(19-20(16,17)18)12-10(6-7-15(2)3)8-14-13(9)12/h4-5,8,14H,6-7H2,1-3H3,(H2,16,17,18). The lowest BCUT2D eigenvalue weighted by molar-refractivity contribution is 0.284. The number of hydrogen-bond donors (Lipinski definition) is 3. The number of aromatic nitrogens is 1. The van der Waals surface area contributed by atoms with Gasteiger partial charge in [-0.05, 0) is 44.6 Å². The van der Waals surface area contributed by atoms with Crippen LogP contribution in [0.1, 0.15) is 11.1 Å². The Morgan fingerprint density at radius 2 is 2.05 bits per heavy atom. The van der Waals surface area contributed by atoms with Gasteiger partial charge in [0.2, 0.25) is 0 Å². The highest BCUT2D eigenvalue weighted by Gasteiger charge is 2.20. The minimum absolute atomic E-state index is 0.217. The van der Waals surface area contributed by atoms with Gasteiger partial charge in [-0.2, -0.15) is 0 Å². The molecule has 0 saturated heterocycles. The molecule has 110 valence electrons. The number of nitrogens with zero attached hydrogens (tertiary/aromatic N) is 1. The SMILES string of the molecule is Cc1ccc(OP(=O)(O)O)c2c(CCN(C)C)c[nH]c12. The maximum atomic E-state index is 11.1. The number of benzene rings is 1. The van der Waals surface area contributed by atoms with Gasteiger partial charge in [0.1, 0.15) is 5.75 Å². The third-order valence-electron chi connectivity index (χ3n) is 3.13. The van der Waals surface area contributed by atoms with E-state index in [-0.39, 0.29) is 5.75 Å². The summed E-state index contributed by atoms with van der Waals surface area (Å²) < 4.78 is 15.9. The Morgan fingerprint density at radius 1 is 1.35 bits per heavy atom. The molecule has 1 aromatic heterocycles. The third kappa shape index (κ3) is 3.41. The summed E-state index contributed by atoms with van der Waals surface area (Å²) in [6.45, 7) is 2.78. The van der Waals surface area contributed by atoms with E-state index in [2.05, 4.69) is 9.88 Å². The molecule has 0 aliphatic carbocycles. The molecule has 0 atom stereocenters. The van der Waals surface area contributed by atoms with Gasteiger partial charge in [0, 0.05) is 18.1 Å². The number of nitrogens with one attached hydrogen (secondary N) is 1. The number of phosphoric ester groups is 1. The zero-order valence-corrected chi connectivity index (χ0v) is 12.6. The Balaban J connectivity index is 2.49. The summed E-state index contributed by atoms with van der Waals surface area (Å²) in [6.07, 6.45) is 2.64. The third-order valence-corrected chi connectivity index (χ3v) is 3.57. The predicted molar refractivity (Wildman–Crippen MR) is 78.0 cm³/mol. The van der Waals surface area contributed by atoms with Gasteiger partial charge in [-0.15, -0.1) is 0 Å². The maximum Gasteiger partial charge on any atom is 0.524 e. The number of rotatable bonds is 5. The average molecular weight is 298 g/mol. The molecule has 3 N–H and O–H groups in total. The molecule has 7 heteroatoms. The average Bonchev–Trinajstić information content (AvgIpc) is 2.73.